The zero-order valence-electron chi connectivity index (χ0n) is 14.1. The van der Waals surface area contributed by atoms with Gasteiger partial charge in [0.1, 0.15) is 6.04 Å². The number of fused-ring (bicyclic) bond motifs is 1. The van der Waals surface area contributed by atoms with Crippen LogP contribution < -0.4 is 21.3 Å². The second kappa shape index (κ2) is 7.70. The van der Waals surface area contributed by atoms with Crippen molar-refractivity contribution in [3.8, 4) is 0 Å². The maximum absolute atomic E-state index is 12.1. The van der Waals surface area contributed by atoms with Crippen LogP contribution in [-0.2, 0) is 11.3 Å². The third-order valence-electron chi connectivity index (χ3n) is 3.96. The molecule has 2 aromatic carbocycles. The Hall–Kier alpha value is -3.66. The van der Waals surface area contributed by atoms with E-state index >= 15 is 0 Å². The number of anilines is 3. The van der Waals surface area contributed by atoms with Crippen molar-refractivity contribution >= 4 is 34.7 Å². The zero-order valence-corrected chi connectivity index (χ0v) is 14.1. The summed E-state index contributed by atoms with van der Waals surface area (Å²) in [6, 6.07) is 9.96. The molecule has 10 nitrogen and oxygen atoms in total. The first kappa shape index (κ1) is 18.1. The molecule has 0 aromatic heterocycles. The Bertz CT molecular complexity index is 887. The summed E-state index contributed by atoms with van der Waals surface area (Å²) in [6.45, 7) is -0.465. The lowest BCUT2D eigenvalue weighted by Crippen LogP contribution is -2.42. The van der Waals surface area contributed by atoms with Gasteiger partial charge >= 0.3 is 6.03 Å². The van der Waals surface area contributed by atoms with Gasteiger partial charge in [0, 0.05) is 29.9 Å². The second-order valence-electron chi connectivity index (χ2n) is 5.83. The first-order chi connectivity index (χ1) is 13.0. The van der Waals surface area contributed by atoms with Gasteiger partial charge in [-0.1, -0.05) is 18.2 Å². The number of nitro groups is 1. The van der Waals surface area contributed by atoms with Crippen molar-refractivity contribution in [1.29, 1.82) is 0 Å². The van der Waals surface area contributed by atoms with Crippen LogP contribution in [0.1, 0.15) is 5.56 Å². The number of nitro benzene ring substituents is 1. The lowest BCUT2D eigenvalue weighted by Gasteiger charge is -2.27. The third-order valence-corrected chi connectivity index (χ3v) is 3.96. The molecule has 0 fully saturated rings. The summed E-state index contributed by atoms with van der Waals surface area (Å²) in [5.74, 6) is -0.494. The molecule has 0 saturated carbocycles. The summed E-state index contributed by atoms with van der Waals surface area (Å²) in [5.41, 5.74) is 1.42. The fraction of sp³-hybridized carbons (Fsp3) is 0.176. The van der Waals surface area contributed by atoms with E-state index in [1.807, 2.05) is 6.07 Å². The molecular weight excluding hydrogens is 354 g/mol. The van der Waals surface area contributed by atoms with E-state index in [1.165, 1.54) is 12.1 Å². The lowest BCUT2D eigenvalue weighted by atomic mass is 10.1. The molecule has 1 aliphatic heterocycles. The van der Waals surface area contributed by atoms with Gasteiger partial charge in [-0.2, -0.15) is 0 Å². The van der Waals surface area contributed by atoms with Crippen LogP contribution in [0.5, 0.6) is 0 Å². The van der Waals surface area contributed by atoms with Crippen LogP contribution in [0.3, 0.4) is 0 Å². The summed E-state index contributed by atoms with van der Waals surface area (Å²) in [7, 11) is 0. The Balaban J connectivity index is 1.80. The van der Waals surface area contributed by atoms with Gasteiger partial charge in [-0.3, -0.25) is 14.9 Å². The standard InChI is InChI=1S/C17H17N5O5/c23-9-14-16(24)21-13-7-12(22(26)27)6-10(15(13)20-14)8-18-17(25)19-11-4-2-1-3-5-11/h1-7,14,20,23H,8-9H2,(H,21,24)(H2,18,19,25). The highest BCUT2D eigenvalue weighted by Gasteiger charge is 2.28. The molecule has 3 amide bonds. The number of rotatable bonds is 5. The Kier molecular flexibility index (Phi) is 5.18. The van der Waals surface area contributed by atoms with Crippen LogP contribution in [0.4, 0.5) is 27.5 Å². The largest absolute Gasteiger partial charge is 0.394 e. The smallest absolute Gasteiger partial charge is 0.319 e. The van der Waals surface area contributed by atoms with Gasteiger partial charge < -0.3 is 26.4 Å². The SMILES string of the molecule is O=C(NCc1cc([N+](=O)[O-])cc2c1NC(CO)C(=O)N2)Nc1ccccc1. The number of aliphatic hydroxyl groups excluding tert-OH is 1. The highest BCUT2D eigenvalue weighted by molar-refractivity contribution is 6.04. The van der Waals surface area contributed by atoms with Crippen molar-refractivity contribution in [1.82, 2.24) is 5.32 Å². The van der Waals surface area contributed by atoms with Gasteiger partial charge in [-0.05, 0) is 12.1 Å². The van der Waals surface area contributed by atoms with Crippen molar-refractivity contribution in [2.24, 2.45) is 0 Å². The number of carbonyl (C=O) groups is 2. The third kappa shape index (κ3) is 4.12. The number of amides is 3. The molecule has 0 radical (unpaired) electrons. The van der Waals surface area contributed by atoms with Crippen molar-refractivity contribution < 1.29 is 19.6 Å². The van der Waals surface area contributed by atoms with E-state index in [9.17, 15) is 24.8 Å². The van der Waals surface area contributed by atoms with Crippen LogP contribution >= 0.6 is 0 Å². The van der Waals surface area contributed by atoms with Crippen LogP contribution in [0.2, 0.25) is 0 Å². The van der Waals surface area contributed by atoms with Crippen molar-refractivity contribution in [3.05, 3.63) is 58.1 Å². The molecule has 0 bridgehead atoms. The van der Waals surface area contributed by atoms with Gasteiger partial charge in [0.2, 0.25) is 5.91 Å². The van der Waals surface area contributed by atoms with E-state index < -0.39 is 29.5 Å². The quantitative estimate of drug-likeness (QED) is 0.399. The molecule has 27 heavy (non-hydrogen) atoms. The van der Waals surface area contributed by atoms with Crippen molar-refractivity contribution in [2.45, 2.75) is 12.6 Å². The van der Waals surface area contributed by atoms with E-state index in [-0.39, 0.29) is 17.9 Å². The lowest BCUT2D eigenvalue weighted by molar-refractivity contribution is -0.384. The molecule has 0 saturated heterocycles. The maximum atomic E-state index is 12.1. The predicted molar refractivity (Wildman–Crippen MR) is 98.5 cm³/mol. The van der Waals surface area contributed by atoms with Crippen LogP contribution in [0.25, 0.3) is 0 Å². The van der Waals surface area contributed by atoms with E-state index in [2.05, 4.69) is 21.3 Å². The first-order valence-electron chi connectivity index (χ1n) is 8.07. The highest BCUT2D eigenvalue weighted by atomic mass is 16.6. The van der Waals surface area contributed by atoms with Gasteiger partial charge in [0.05, 0.1) is 22.9 Å². The Morgan fingerprint density at radius 2 is 2.00 bits per heavy atom. The molecular formula is C17H17N5O5. The van der Waals surface area contributed by atoms with Crippen LogP contribution in [0, 0.1) is 10.1 Å². The maximum Gasteiger partial charge on any atom is 0.319 e. The number of non-ortho nitro benzene ring substituents is 1. The molecule has 10 heteroatoms. The summed E-state index contributed by atoms with van der Waals surface area (Å²) in [6.07, 6.45) is 0. The number of para-hydroxylation sites is 1. The molecule has 140 valence electrons. The number of nitrogens with one attached hydrogen (secondary N) is 4. The first-order valence-corrected chi connectivity index (χ1v) is 8.07. The van der Waals surface area contributed by atoms with E-state index in [4.69, 9.17) is 0 Å². The number of hydrogen-bond acceptors (Lipinski definition) is 6. The number of nitrogens with zero attached hydrogens (tertiary/aromatic N) is 1. The monoisotopic (exact) mass is 371 g/mol. The predicted octanol–water partition coefficient (Wildman–Crippen LogP) is 1.64. The molecule has 1 heterocycles. The molecule has 3 rings (SSSR count). The minimum Gasteiger partial charge on any atom is -0.394 e. The van der Waals surface area contributed by atoms with Crippen LogP contribution in [0.15, 0.2) is 42.5 Å². The van der Waals surface area contributed by atoms with Crippen molar-refractivity contribution in [3.63, 3.8) is 0 Å². The number of urea groups is 1. The Morgan fingerprint density at radius 3 is 2.67 bits per heavy atom. The average Bonchev–Trinajstić information content (AvgIpc) is 2.66. The second-order valence-corrected chi connectivity index (χ2v) is 5.83. The number of carbonyl (C=O) groups excluding carboxylic acids is 2. The summed E-state index contributed by atoms with van der Waals surface area (Å²) >= 11 is 0. The molecule has 0 aliphatic carbocycles. The van der Waals surface area contributed by atoms with Crippen LogP contribution in [-0.4, -0.2) is 34.6 Å². The summed E-state index contributed by atoms with van der Waals surface area (Å²) in [5, 5.41) is 31.1. The normalized spacial score (nSPS) is 15.1. The highest BCUT2D eigenvalue weighted by Crippen LogP contribution is 2.34. The number of hydrogen-bond donors (Lipinski definition) is 5. The van der Waals surface area contributed by atoms with Crippen molar-refractivity contribution in [2.75, 3.05) is 22.6 Å². The Labute approximate surface area is 153 Å². The summed E-state index contributed by atoms with van der Waals surface area (Å²) < 4.78 is 0. The molecule has 5 N–H and O–H groups in total. The molecule has 2 aromatic rings. The molecule has 1 aliphatic rings. The molecule has 1 atom stereocenters. The molecule has 1 unspecified atom stereocenters. The number of aliphatic hydroxyl groups is 1. The summed E-state index contributed by atoms with van der Waals surface area (Å²) in [4.78, 5) is 34.5. The molecule has 0 spiro atoms. The van der Waals surface area contributed by atoms with E-state index in [1.54, 1.807) is 24.3 Å². The van der Waals surface area contributed by atoms with Gasteiger partial charge in [0.25, 0.3) is 5.69 Å². The fourth-order valence-electron chi connectivity index (χ4n) is 2.66. The topological polar surface area (TPSA) is 146 Å². The fourth-order valence-corrected chi connectivity index (χ4v) is 2.66. The Morgan fingerprint density at radius 1 is 1.26 bits per heavy atom. The minimum absolute atomic E-state index is 0.0241. The number of benzene rings is 2. The minimum atomic E-state index is -0.879. The van der Waals surface area contributed by atoms with Gasteiger partial charge in [0.15, 0.2) is 0 Å². The van der Waals surface area contributed by atoms with Gasteiger partial charge in [-0.25, -0.2) is 4.79 Å². The zero-order chi connectivity index (χ0) is 19.4. The van der Waals surface area contributed by atoms with E-state index in [0.29, 0.717) is 16.9 Å². The van der Waals surface area contributed by atoms with E-state index in [0.717, 1.165) is 0 Å². The van der Waals surface area contributed by atoms with Gasteiger partial charge in [-0.15, -0.1) is 0 Å². The average molecular weight is 371 g/mol.